The van der Waals surface area contributed by atoms with E-state index >= 15 is 0 Å². The van der Waals surface area contributed by atoms with E-state index < -0.39 is 0 Å². The van der Waals surface area contributed by atoms with Gasteiger partial charge in [-0.2, -0.15) is 0 Å². The van der Waals surface area contributed by atoms with Crippen LogP contribution < -0.4 is 0 Å². The molecule has 0 aromatic rings. The fourth-order valence-corrected chi connectivity index (χ4v) is 1.84. The number of unbranched alkanes of at least 4 members (excludes halogenated alkanes) is 3. The highest BCUT2D eigenvalue weighted by molar-refractivity contribution is 5.75. The molecule has 0 saturated heterocycles. The van der Waals surface area contributed by atoms with E-state index in [9.17, 15) is 0 Å². The quantitative estimate of drug-likeness (QED) is 0.466. The molecule has 1 rings (SSSR count). The molecule has 0 saturated carbocycles. The van der Waals surface area contributed by atoms with E-state index in [1.165, 1.54) is 51.2 Å². The van der Waals surface area contributed by atoms with Gasteiger partial charge in [-0.3, -0.25) is 9.48 Å². The lowest BCUT2D eigenvalue weighted by Gasteiger charge is -2.09. The van der Waals surface area contributed by atoms with Gasteiger partial charge in [-0.1, -0.05) is 19.8 Å². The Labute approximate surface area is 82.2 Å². The molecule has 0 unspecified atom stereocenters. The van der Waals surface area contributed by atoms with Gasteiger partial charge in [-0.25, -0.2) is 0 Å². The van der Waals surface area contributed by atoms with E-state index in [-0.39, 0.29) is 0 Å². The van der Waals surface area contributed by atoms with Gasteiger partial charge >= 0.3 is 0 Å². The predicted octanol–water partition coefficient (Wildman–Crippen LogP) is 1.94. The van der Waals surface area contributed by atoms with E-state index in [2.05, 4.69) is 30.4 Å². The average Bonchev–Trinajstić information content (AvgIpc) is 2.43. The van der Waals surface area contributed by atoms with Crippen LogP contribution in [0, 0.1) is 0 Å². The molecule has 0 aliphatic carbocycles. The summed E-state index contributed by atoms with van der Waals surface area (Å²) in [4.78, 5) is 2.51. The lowest BCUT2D eigenvalue weighted by atomic mass is 10.2. The maximum Gasteiger partial charge on any atom is 0.243 e. The third kappa shape index (κ3) is 3.02. The van der Waals surface area contributed by atoms with Crippen LogP contribution in [0.4, 0.5) is 0 Å². The van der Waals surface area contributed by atoms with Crippen LogP contribution in [-0.4, -0.2) is 42.0 Å². The third-order valence-electron chi connectivity index (χ3n) is 3.00. The second kappa shape index (κ2) is 5.25. The first kappa shape index (κ1) is 10.6. The van der Waals surface area contributed by atoms with Gasteiger partial charge < -0.3 is 0 Å². The molecule has 13 heavy (non-hydrogen) atoms. The second-order valence-corrected chi connectivity index (χ2v) is 4.02. The highest BCUT2D eigenvalue weighted by atomic mass is 15.3. The molecule has 0 N–H and O–H groups in total. The van der Waals surface area contributed by atoms with Crippen LogP contribution in [0.25, 0.3) is 0 Å². The summed E-state index contributed by atoms with van der Waals surface area (Å²) in [5.41, 5.74) is 0. The Hall–Kier alpha value is -0.530. The molecule has 2 nitrogen and oxygen atoms in total. The largest absolute Gasteiger partial charge is 0.265 e. The van der Waals surface area contributed by atoms with Gasteiger partial charge in [-0.05, 0) is 12.8 Å². The van der Waals surface area contributed by atoms with Crippen molar-refractivity contribution >= 4 is 5.84 Å². The number of hydrogen-bond acceptors (Lipinski definition) is 1. The minimum Gasteiger partial charge on any atom is -0.265 e. The van der Waals surface area contributed by atoms with E-state index in [1.54, 1.807) is 0 Å². The summed E-state index contributed by atoms with van der Waals surface area (Å²) in [5, 5.41) is 0. The minimum absolute atomic E-state index is 1.21. The number of rotatable bonds is 5. The summed E-state index contributed by atoms with van der Waals surface area (Å²) in [6.45, 7) is 8.19. The van der Waals surface area contributed by atoms with Gasteiger partial charge in [-0.15, -0.1) is 0 Å². The first-order valence-electron chi connectivity index (χ1n) is 5.55. The number of likely N-dealkylation sites (N-methyl/N-ethyl adjacent to an activating group) is 1. The zero-order valence-corrected chi connectivity index (χ0v) is 9.34. The highest BCUT2D eigenvalue weighted by Crippen LogP contribution is 2.05. The van der Waals surface area contributed by atoms with E-state index in [4.69, 9.17) is 0 Å². The van der Waals surface area contributed by atoms with E-state index in [0.29, 0.717) is 0 Å². The molecule has 0 amide bonds. The molecule has 0 fully saturated rings. The van der Waals surface area contributed by atoms with Crippen LogP contribution in [0.3, 0.4) is 0 Å². The molecule has 0 aromatic carbocycles. The van der Waals surface area contributed by atoms with Gasteiger partial charge in [0.2, 0.25) is 5.84 Å². The van der Waals surface area contributed by atoms with Gasteiger partial charge in [0.15, 0.2) is 0 Å². The molecule has 2 heteroatoms. The minimum atomic E-state index is 1.21. The molecule has 1 aliphatic heterocycles. The summed E-state index contributed by atoms with van der Waals surface area (Å²) >= 11 is 0. The summed E-state index contributed by atoms with van der Waals surface area (Å²) in [6, 6.07) is 0. The average molecular weight is 183 g/mol. The lowest BCUT2D eigenvalue weighted by molar-refractivity contribution is -0.487. The van der Waals surface area contributed by atoms with Crippen LogP contribution in [0.5, 0.6) is 0 Å². The standard InChI is InChI=1S/C11H23N2/c1-4-5-6-7-8-13-10-9-12(3)11(13)2/h4-10H2,1-3H3/q+1. The van der Waals surface area contributed by atoms with Crippen molar-refractivity contribution in [2.24, 2.45) is 0 Å². The molecular weight excluding hydrogens is 160 g/mol. The van der Waals surface area contributed by atoms with Crippen molar-refractivity contribution in [3.8, 4) is 0 Å². The summed E-state index contributed by atoms with van der Waals surface area (Å²) in [7, 11) is 2.18. The van der Waals surface area contributed by atoms with Crippen molar-refractivity contribution in [3.63, 3.8) is 0 Å². The zero-order valence-electron chi connectivity index (χ0n) is 9.34. The Kier molecular flexibility index (Phi) is 4.26. The maximum absolute atomic E-state index is 2.51. The second-order valence-electron chi connectivity index (χ2n) is 4.02. The topological polar surface area (TPSA) is 6.25 Å². The molecule has 0 radical (unpaired) electrons. The van der Waals surface area contributed by atoms with Gasteiger partial charge in [0, 0.05) is 6.92 Å². The molecule has 0 atom stereocenters. The van der Waals surface area contributed by atoms with E-state index in [0.717, 1.165) is 0 Å². The molecule has 0 bridgehead atoms. The Balaban J connectivity index is 2.16. The predicted molar refractivity (Wildman–Crippen MR) is 57.4 cm³/mol. The summed E-state index contributed by atoms with van der Waals surface area (Å²) in [5.74, 6) is 1.46. The van der Waals surface area contributed by atoms with Crippen molar-refractivity contribution in [1.29, 1.82) is 0 Å². The number of hydrogen-bond donors (Lipinski definition) is 0. The fourth-order valence-electron chi connectivity index (χ4n) is 1.84. The molecule has 0 aromatic heterocycles. The molecule has 1 aliphatic rings. The number of amidine groups is 1. The van der Waals surface area contributed by atoms with Crippen LogP contribution in [0.15, 0.2) is 0 Å². The van der Waals surface area contributed by atoms with Gasteiger partial charge in [0.25, 0.3) is 0 Å². The first-order valence-corrected chi connectivity index (χ1v) is 5.55. The number of nitrogens with zero attached hydrogens (tertiary/aromatic N) is 2. The smallest absolute Gasteiger partial charge is 0.243 e. The summed E-state index contributed by atoms with van der Waals surface area (Å²) in [6.07, 6.45) is 5.48. The Morgan fingerprint density at radius 1 is 1.31 bits per heavy atom. The zero-order chi connectivity index (χ0) is 9.68. The normalized spacial score (nSPS) is 17.3. The molecule has 0 spiro atoms. The van der Waals surface area contributed by atoms with Crippen LogP contribution in [0.2, 0.25) is 0 Å². The van der Waals surface area contributed by atoms with E-state index in [1.807, 2.05) is 0 Å². The van der Waals surface area contributed by atoms with Gasteiger partial charge in [0.05, 0.1) is 13.6 Å². The van der Waals surface area contributed by atoms with Crippen molar-refractivity contribution in [2.75, 3.05) is 26.7 Å². The van der Waals surface area contributed by atoms with Crippen molar-refractivity contribution in [3.05, 3.63) is 0 Å². The highest BCUT2D eigenvalue weighted by Gasteiger charge is 2.22. The molecule has 1 heterocycles. The van der Waals surface area contributed by atoms with Crippen LogP contribution in [0.1, 0.15) is 39.5 Å². The Morgan fingerprint density at radius 3 is 2.62 bits per heavy atom. The third-order valence-corrected chi connectivity index (χ3v) is 3.00. The van der Waals surface area contributed by atoms with Crippen molar-refractivity contribution < 1.29 is 4.58 Å². The van der Waals surface area contributed by atoms with Crippen LogP contribution >= 0.6 is 0 Å². The van der Waals surface area contributed by atoms with Crippen molar-refractivity contribution in [2.45, 2.75) is 39.5 Å². The Bertz CT molecular complexity index is 185. The SMILES string of the molecule is CCCCCCN1CC[N+](C)=C1C. The van der Waals surface area contributed by atoms with Crippen molar-refractivity contribution in [1.82, 2.24) is 4.90 Å². The molecular formula is C11H23N2+. The van der Waals surface area contributed by atoms with Gasteiger partial charge in [0.1, 0.15) is 13.1 Å². The lowest BCUT2D eigenvalue weighted by Crippen LogP contribution is -2.27. The van der Waals surface area contributed by atoms with Crippen LogP contribution in [-0.2, 0) is 0 Å². The maximum atomic E-state index is 2.51. The monoisotopic (exact) mass is 183 g/mol. The first-order chi connectivity index (χ1) is 6.25. The fraction of sp³-hybridized carbons (Fsp3) is 0.909. The Morgan fingerprint density at radius 2 is 2.08 bits per heavy atom. The molecule has 76 valence electrons. The summed E-state index contributed by atoms with van der Waals surface area (Å²) < 4.78 is 2.35.